The number of carbonyl (C=O) groups is 2. The van der Waals surface area contributed by atoms with Crippen molar-refractivity contribution in [2.75, 3.05) is 10.6 Å². The van der Waals surface area contributed by atoms with Crippen LogP contribution in [0.2, 0.25) is 0 Å². The number of nitrogens with one attached hydrogen (secondary N) is 2. The molecule has 1 aromatic carbocycles. The van der Waals surface area contributed by atoms with Crippen LogP contribution >= 0.6 is 0 Å². The third kappa shape index (κ3) is 7.56. The second-order valence-electron chi connectivity index (χ2n) is 8.79. The lowest BCUT2D eigenvalue weighted by Gasteiger charge is -2.10. The van der Waals surface area contributed by atoms with Crippen LogP contribution in [0.4, 0.5) is 11.6 Å². The Bertz CT molecular complexity index is 1420. The van der Waals surface area contributed by atoms with Gasteiger partial charge >= 0.3 is 0 Å². The van der Waals surface area contributed by atoms with Gasteiger partial charge in [-0.3, -0.25) is 19.6 Å². The molecule has 0 atom stereocenters. The van der Waals surface area contributed by atoms with Crippen molar-refractivity contribution in [1.29, 1.82) is 0 Å². The van der Waals surface area contributed by atoms with Crippen molar-refractivity contribution in [1.82, 2.24) is 24.4 Å². The topological polar surface area (TPSA) is 136 Å². The lowest BCUT2D eigenvalue weighted by Crippen LogP contribution is -2.14. The average molecular weight is 536 g/mol. The fourth-order valence-electron chi connectivity index (χ4n) is 3.44. The number of ether oxygens (including phenoxy) is 1. The van der Waals surface area contributed by atoms with E-state index in [1.807, 2.05) is 20.8 Å². The maximum absolute atomic E-state index is 12.7. The molecule has 0 bridgehead atoms. The number of rotatable bonds is 7. The highest BCUT2D eigenvalue weighted by Crippen LogP contribution is 2.32. The van der Waals surface area contributed by atoms with Gasteiger partial charge in [-0.05, 0) is 51.0 Å². The van der Waals surface area contributed by atoms with E-state index in [0.717, 1.165) is 12.8 Å². The minimum absolute atomic E-state index is 0.0569. The summed E-state index contributed by atoms with van der Waals surface area (Å²) >= 11 is 0. The fourth-order valence-corrected chi connectivity index (χ4v) is 3.44. The Labute approximate surface area is 228 Å². The van der Waals surface area contributed by atoms with E-state index in [1.54, 1.807) is 42.2 Å². The van der Waals surface area contributed by atoms with Crippen molar-refractivity contribution in [2.45, 2.75) is 67.3 Å². The smallest absolute Gasteiger partial charge is 0.259 e. The number of fused-ring (bicyclic) bond motifs is 1. The Hall–Kier alpha value is -4.41. The van der Waals surface area contributed by atoms with E-state index in [4.69, 9.17) is 4.74 Å². The van der Waals surface area contributed by atoms with Crippen LogP contribution in [-0.4, -0.2) is 41.3 Å². The third-order valence-electron chi connectivity index (χ3n) is 5.45. The standard InChI is InChI=1S/C23H23N7O4.C3H8.C2H6/c1-3-29-12-17(13(2)27-29)22(33)24-18-10-15(6-8-19(18)31)34-16-7-9-20-25-23(28-30(20)11-16)26-21(32)14-4-5-14;1-3-2;1-2/h6-12,14,31H,3-5H2,1-2H3,(H,24,33)(H,26,28,32);3H2,1-2H3;1-2H3. The number of aromatic hydroxyl groups is 1. The number of phenols is 1. The van der Waals surface area contributed by atoms with Crippen LogP contribution in [0.25, 0.3) is 5.65 Å². The minimum atomic E-state index is -0.380. The molecule has 3 aromatic heterocycles. The summed E-state index contributed by atoms with van der Waals surface area (Å²) in [6.07, 6.45) is 6.34. The summed E-state index contributed by atoms with van der Waals surface area (Å²) in [4.78, 5) is 28.9. The van der Waals surface area contributed by atoms with Gasteiger partial charge in [0.2, 0.25) is 11.9 Å². The predicted octanol–water partition coefficient (Wildman–Crippen LogP) is 5.80. The van der Waals surface area contributed by atoms with Gasteiger partial charge in [0.25, 0.3) is 5.91 Å². The molecular weight excluding hydrogens is 498 g/mol. The molecule has 0 radical (unpaired) electrons. The third-order valence-corrected chi connectivity index (χ3v) is 5.45. The average Bonchev–Trinajstić information content (AvgIpc) is 3.60. The Kier molecular flexibility index (Phi) is 10.0. The molecule has 0 unspecified atom stereocenters. The SMILES string of the molecule is CC.CCC.CCn1cc(C(=O)Nc2cc(Oc3ccc4nc(NC(=O)C5CC5)nn4c3)ccc2O)c(C)n1. The summed E-state index contributed by atoms with van der Waals surface area (Å²) in [5.74, 6) is 0.616. The first kappa shape index (κ1) is 29.2. The molecule has 11 nitrogen and oxygen atoms in total. The minimum Gasteiger partial charge on any atom is -0.506 e. The van der Waals surface area contributed by atoms with Gasteiger partial charge in [0.05, 0.1) is 23.1 Å². The molecule has 0 saturated heterocycles. The van der Waals surface area contributed by atoms with Gasteiger partial charge in [0, 0.05) is 24.7 Å². The van der Waals surface area contributed by atoms with Gasteiger partial charge in [-0.1, -0.05) is 34.1 Å². The predicted molar refractivity (Wildman–Crippen MR) is 150 cm³/mol. The number of benzene rings is 1. The summed E-state index contributed by atoms with van der Waals surface area (Å²) in [5, 5.41) is 24.2. The molecule has 2 amide bonds. The number of pyridine rings is 1. The first-order valence-electron chi connectivity index (χ1n) is 13.3. The van der Waals surface area contributed by atoms with Crippen LogP contribution < -0.4 is 15.4 Å². The van der Waals surface area contributed by atoms with Gasteiger partial charge in [-0.2, -0.15) is 10.1 Å². The second-order valence-corrected chi connectivity index (χ2v) is 8.79. The van der Waals surface area contributed by atoms with E-state index in [9.17, 15) is 14.7 Å². The maximum atomic E-state index is 12.7. The summed E-state index contributed by atoms with van der Waals surface area (Å²) < 4.78 is 9.08. The quantitative estimate of drug-likeness (QED) is 0.255. The number of hydrogen-bond acceptors (Lipinski definition) is 7. The molecule has 11 heteroatoms. The van der Waals surface area contributed by atoms with E-state index in [0.29, 0.717) is 34.9 Å². The lowest BCUT2D eigenvalue weighted by atomic mass is 10.2. The number of anilines is 2. The Balaban J connectivity index is 0.000000787. The Morgan fingerprint density at radius 1 is 1.03 bits per heavy atom. The van der Waals surface area contributed by atoms with E-state index in [2.05, 4.69) is 39.7 Å². The number of aryl methyl sites for hydroxylation is 2. The maximum Gasteiger partial charge on any atom is 0.259 e. The summed E-state index contributed by atoms with van der Waals surface area (Å²) in [5.41, 5.74) is 1.78. The van der Waals surface area contributed by atoms with Crippen molar-refractivity contribution < 1.29 is 19.4 Å². The van der Waals surface area contributed by atoms with Crippen LogP contribution in [0.5, 0.6) is 17.2 Å². The molecule has 5 rings (SSSR count). The van der Waals surface area contributed by atoms with Crippen LogP contribution in [0.1, 0.15) is 69.9 Å². The van der Waals surface area contributed by atoms with Crippen molar-refractivity contribution in [3.63, 3.8) is 0 Å². The molecule has 208 valence electrons. The highest BCUT2D eigenvalue weighted by Gasteiger charge is 2.30. The molecule has 1 saturated carbocycles. The van der Waals surface area contributed by atoms with E-state index in [1.165, 1.54) is 23.1 Å². The normalized spacial score (nSPS) is 12.1. The van der Waals surface area contributed by atoms with Crippen LogP contribution in [-0.2, 0) is 11.3 Å². The molecular formula is C28H37N7O4. The van der Waals surface area contributed by atoms with Gasteiger partial charge in [-0.25, -0.2) is 4.52 Å². The Morgan fingerprint density at radius 2 is 1.72 bits per heavy atom. The van der Waals surface area contributed by atoms with E-state index < -0.39 is 0 Å². The number of phenolic OH excluding ortho intramolecular Hbond substituents is 1. The molecule has 0 aliphatic heterocycles. The second kappa shape index (κ2) is 13.4. The molecule has 39 heavy (non-hydrogen) atoms. The van der Waals surface area contributed by atoms with Gasteiger partial charge in [0.15, 0.2) is 5.65 Å². The van der Waals surface area contributed by atoms with Crippen LogP contribution in [0, 0.1) is 12.8 Å². The largest absolute Gasteiger partial charge is 0.506 e. The van der Waals surface area contributed by atoms with Crippen molar-refractivity contribution in [3.8, 4) is 17.2 Å². The molecule has 1 aliphatic rings. The molecule has 3 N–H and O–H groups in total. The van der Waals surface area contributed by atoms with Crippen LogP contribution in [0.15, 0.2) is 42.7 Å². The number of hydrogen-bond donors (Lipinski definition) is 3. The first-order valence-corrected chi connectivity index (χ1v) is 13.3. The Morgan fingerprint density at radius 3 is 2.36 bits per heavy atom. The fraction of sp³-hybridized carbons (Fsp3) is 0.393. The zero-order valence-corrected chi connectivity index (χ0v) is 23.4. The van der Waals surface area contributed by atoms with E-state index in [-0.39, 0.29) is 35.1 Å². The number of amides is 2. The zero-order chi connectivity index (χ0) is 28.5. The molecule has 0 spiro atoms. The number of nitrogens with zero attached hydrogens (tertiary/aromatic N) is 5. The van der Waals surface area contributed by atoms with Gasteiger partial charge < -0.3 is 15.2 Å². The number of carbonyl (C=O) groups excluding carboxylic acids is 2. The molecule has 4 aromatic rings. The van der Waals surface area contributed by atoms with Gasteiger partial charge in [0.1, 0.15) is 17.2 Å². The first-order chi connectivity index (χ1) is 18.8. The lowest BCUT2D eigenvalue weighted by molar-refractivity contribution is -0.117. The highest BCUT2D eigenvalue weighted by molar-refractivity contribution is 6.05. The summed E-state index contributed by atoms with van der Waals surface area (Å²) in [6, 6.07) is 7.97. The van der Waals surface area contributed by atoms with Crippen molar-refractivity contribution in [3.05, 3.63) is 54.0 Å². The molecule has 1 fully saturated rings. The van der Waals surface area contributed by atoms with Crippen molar-refractivity contribution >= 4 is 29.1 Å². The zero-order valence-electron chi connectivity index (χ0n) is 23.4. The van der Waals surface area contributed by atoms with Crippen LogP contribution in [0.3, 0.4) is 0 Å². The molecule has 3 heterocycles. The monoisotopic (exact) mass is 535 g/mol. The molecule has 1 aliphatic carbocycles. The summed E-state index contributed by atoms with van der Waals surface area (Å²) in [7, 11) is 0. The number of aromatic nitrogens is 5. The highest BCUT2D eigenvalue weighted by atomic mass is 16.5. The van der Waals surface area contributed by atoms with Gasteiger partial charge in [-0.15, -0.1) is 5.10 Å². The van der Waals surface area contributed by atoms with Crippen molar-refractivity contribution in [2.24, 2.45) is 5.92 Å². The van der Waals surface area contributed by atoms with E-state index >= 15 is 0 Å². The summed E-state index contributed by atoms with van der Waals surface area (Å²) in [6.45, 7) is 12.6.